The van der Waals surface area contributed by atoms with E-state index in [1.54, 1.807) is 0 Å². The van der Waals surface area contributed by atoms with Crippen molar-refractivity contribution in [3.05, 3.63) is 45.7 Å². The van der Waals surface area contributed by atoms with Crippen molar-refractivity contribution in [2.24, 2.45) is 11.8 Å². The molecule has 4 aliphatic carbocycles. The first-order valence-corrected chi connectivity index (χ1v) is 11.7. The fourth-order valence-corrected chi connectivity index (χ4v) is 6.46. The van der Waals surface area contributed by atoms with Gasteiger partial charge in [0.15, 0.2) is 17.2 Å². The minimum absolute atomic E-state index is 0.0345. The predicted molar refractivity (Wildman–Crippen MR) is 119 cm³/mol. The molecule has 3 atom stereocenters. The van der Waals surface area contributed by atoms with Crippen molar-refractivity contribution in [2.45, 2.75) is 69.8 Å². The van der Waals surface area contributed by atoms with Gasteiger partial charge in [0, 0.05) is 17.9 Å². The number of fused-ring (bicyclic) bond motifs is 3. The number of aliphatic hydroxyl groups excluding tert-OH is 2. The van der Waals surface area contributed by atoms with Gasteiger partial charge in [0.1, 0.15) is 22.8 Å². The van der Waals surface area contributed by atoms with E-state index in [9.17, 15) is 34.8 Å². The van der Waals surface area contributed by atoms with Gasteiger partial charge < -0.3 is 20.4 Å². The molecule has 0 heterocycles. The molecule has 0 amide bonds. The lowest BCUT2D eigenvalue weighted by Gasteiger charge is -2.46. The molecule has 174 valence electrons. The molecule has 33 heavy (non-hydrogen) atoms. The van der Waals surface area contributed by atoms with E-state index in [2.05, 4.69) is 0 Å². The number of benzene rings is 1. The van der Waals surface area contributed by atoms with Crippen LogP contribution in [0.5, 0.6) is 5.75 Å². The monoisotopic (exact) mass is 452 g/mol. The van der Waals surface area contributed by atoms with Crippen molar-refractivity contribution in [3.63, 3.8) is 0 Å². The number of ketones is 3. The molecule has 0 bridgehead atoms. The van der Waals surface area contributed by atoms with Gasteiger partial charge in [0.25, 0.3) is 0 Å². The Morgan fingerprint density at radius 3 is 2.36 bits per heavy atom. The average molecular weight is 453 g/mol. The Labute approximate surface area is 191 Å². The third-order valence-electron chi connectivity index (χ3n) is 8.12. The van der Waals surface area contributed by atoms with Gasteiger partial charge in [-0.25, -0.2) is 0 Å². The van der Waals surface area contributed by atoms with E-state index in [4.69, 9.17) is 0 Å². The highest BCUT2D eigenvalue weighted by Gasteiger charge is 2.60. The molecule has 0 aromatic heterocycles. The Hall–Kier alpha value is -2.93. The van der Waals surface area contributed by atoms with Crippen LogP contribution in [0.15, 0.2) is 29.0 Å². The van der Waals surface area contributed by atoms with Crippen LogP contribution in [-0.4, -0.2) is 43.4 Å². The molecule has 0 unspecified atom stereocenters. The number of aliphatic hydroxyl groups is 3. The number of carbonyl (C=O) groups excluding carboxylic acids is 3. The Bertz CT molecular complexity index is 1150. The Morgan fingerprint density at radius 2 is 1.70 bits per heavy atom. The highest BCUT2D eigenvalue weighted by molar-refractivity contribution is 6.23. The molecule has 0 spiro atoms. The summed E-state index contributed by atoms with van der Waals surface area (Å²) in [7, 11) is 0. The maximum Gasteiger partial charge on any atom is 0.202 e. The molecule has 7 heteroatoms. The zero-order chi connectivity index (χ0) is 23.7. The topological polar surface area (TPSA) is 132 Å². The molecular weight excluding hydrogens is 424 g/mol. The fraction of sp³-hybridized carbons (Fsp3) is 0.500. The van der Waals surface area contributed by atoms with Gasteiger partial charge in [-0.3, -0.25) is 14.4 Å². The maximum absolute atomic E-state index is 13.6. The van der Waals surface area contributed by atoms with Crippen LogP contribution in [0, 0.1) is 11.8 Å². The first-order valence-electron chi connectivity index (χ1n) is 11.7. The van der Waals surface area contributed by atoms with Gasteiger partial charge in [0.2, 0.25) is 5.78 Å². The van der Waals surface area contributed by atoms with Crippen LogP contribution in [0.25, 0.3) is 5.76 Å². The maximum atomic E-state index is 13.6. The molecule has 0 aliphatic heterocycles. The smallest absolute Gasteiger partial charge is 0.202 e. The second kappa shape index (κ2) is 7.55. The molecule has 4 aliphatic rings. The Morgan fingerprint density at radius 1 is 1.00 bits per heavy atom. The van der Waals surface area contributed by atoms with Crippen LogP contribution in [-0.2, 0) is 20.8 Å². The van der Waals surface area contributed by atoms with Gasteiger partial charge in [-0.1, -0.05) is 31.4 Å². The summed E-state index contributed by atoms with van der Waals surface area (Å²) in [6, 6.07) is 3.79. The van der Waals surface area contributed by atoms with E-state index >= 15 is 0 Å². The van der Waals surface area contributed by atoms with Crippen molar-refractivity contribution in [1.29, 1.82) is 0 Å². The van der Waals surface area contributed by atoms with Crippen LogP contribution in [0.1, 0.15) is 74.5 Å². The largest absolute Gasteiger partial charge is 0.508 e. The van der Waals surface area contributed by atoms with Gasteiger partial charge in [-0.2, -0.15) is 0 Å². The normalized spacial score (nSPS) is 30.1. The molecule has 2 fully saturated rings. The van der Waals surface area contributed by atoms with Crippen molar-refractivity contribution >= 4 is 23.1 Å². The minimum Gasteiger partial charge on any atom is -0.508 e. The van der Waals surface area contributed by atoms with Crippen LogP contribution in [0.4, 0.5) is 0 Å². The molecule has 2 saturated carbocycles. The zero-order valence-electron chi connectivity index (χ0n) is 18.6. The molecule has 4 N–H and O–H groups in total. The molecule has 0 saturated heterocycles. The SMILES string of the molecule is CC(=O)C1=C(O)[C@@]2(O)C(=O)C3=C(O)c4c(ccc(C5CCCCC5)c4O)C[C@H]3C[C@H]2CC1=O. The second-order valence-corrected chi connectivity index (χ2v) is 9.97. The third-order valence-corrected chi connectivity index (χ3v) is 8.12. The number of rotatable bonds is 2. The first kappa shape index (κ1) is 21.9. The molecular formula is C26H28O7. The quantitative estimate of drug-likeness (QED) is 0.504. The number of phenols is 1. The number of hydrogen-bond acceptors (Lipinski definition) is 7. The summed E-state index contributed by atoms with van der Waals surface area (Å²) < 4.78 is 0. The Balaban J connectivity index is 1.64. The number of allylic oxidation sites excluding steroid dienone is 1. The van der Waals surface area contributed by atoms with E-state index < -0.39 is 46.1 Å². The van der Waals surface area contributed by atoms with Crippen LogP contribution >= 0.6 is 0 Å². The van der Waals surface area contributed by atoms with Crippen LogP contribution in [0.3, 0.4) is 0 Å². The summed E-state index contributed by atoms with van der Waals surface area (Å²) >= 11 is 0. The molecule has 0 radical (unpaired) electrons. The van der Waals surface area contributed by atoms with Crippen LogP contribution in [0.2, 0.25) is 0 Å². The summed E-state index contributed by atoms with van der Waals surface area (Å²) in [5, 5.41) is 44.3. The summed E-state index contributed by atoms with van der Waals surface area (Å²) in [6.07, 6.45) is 5.54. The van der Waals surface area contributed by atoms with Crippen molar-refractivity contribution in [3.8, 4) is 5.75 Å². The number of Topliss-reactive ketones (excluding diaryl/α,β-unsaturated/α-hetero) is 3. The molecule has 1 aromatic carbocycles. The van der Waals surface area contributed by atoms with Crippen LogP contribution < -0.4 is 0 Å². The highest BCUT2D eigenvalue weighted by atomic mass is 16.3. The number of phenolic OH excluding ortho intramolecular Hbond substituents is 1. The van der Waals surface area contributed by atoms with Gasteiger partial charge in [0.05, 0.1) is 5.56 Å². The lowest BCUT2D eigenvalue weighted by atomic mass is 9.59. The highest BCUT2D eigenvalue weighted by Crippen LogP contribution is 2.53. The van der Waals surface area contributed by atoms with Crippen molar-refractivity contribution < 1.29 is 34.8 Å². The summed E-state index contributed by atoms with van der Waals surface area (Å²) in [5.41, 5.74) is -1.38. The lowest BCUT2D eigenvalue weighted by Crippen LogP contribution is -2.57. The first-order chi connectivity index (χ1) is 15.7. The van der Waals surface area contributed by atoms with E-state index in [1.165, 1.54) is 0 Å². The average Bonchev–Trinajstić information content (AvgIpc) is 2.76. The number of carbonyl (C=O) groups is 3. The fourth-order valence-electron chi connectivity index (χ4n) is 6.46. The van der Waals surface area contributed by atoms with Gasteiger partial charge in [-0.15, -0.1) is 0 Å². The van der Waals surface area contributed by atoms with Crippen molar-refractivity contribution in [2.75, 3.05) is 0 Å². The van der Waals surface area contributed by atoms with E-state index in [0.717, 1.165) is 44.6 Å². The minimum atomic E-state index is -2.44. The van der Waals surface area contributed by atoms with Crippen molar-refractivity contribution in [1.82, 2.24) is 0 Å². The second-order valence-electron chi connectivity index (χ2n) is 9.97. The third kappa shape index (κ3) is 3.01. The predicted octanol–water partition coefficient (Wildman–Crippen LogP) is 3.58. The molecule has 7 nitrogen and oxygen atoms in total. The number of aromatic hydroxyl groups is 1. The summed E-state index contributed by atoms with van der Waals surface area (Å²) in [4.78, 5) is 37.9. The molecule has 1 aromatic rings. The summed E-state index contributed by atoms with van der Waals surface area (Å²) in [6.45, 7) is 1.10. The Kier molecular flexibility index (Phi) is 5.01. The van der Waals surface area contributed by atoms with Gasteiger partial charge >= 0.3 is 0 Å². The molecule has 5 rings (SSSR count). The zero-order valence-corrected chi connectivity index (χ0v) is 18.6. The van der Waals surface area contributed by atoms with Gasteiger partial charge in [-0.05, 0) is 55.6 Å². The van der Waals surface area contributed by atoms with E-state index in [1.807, 2.05) is 12.1 Å². The standard InChI is InChI=1S/C26H28O7/c1-12(27)19-18(28)11-16-10-15-9-14-7-8-17(13-5-3-2-4-6-13)22(29)20(14)23(30)21(15)25(32)26(16,33)24(19)31/h7-8,13,15-16,29-31,33H,2-6,9-11H2,1H3/t15-,16-,26+/m0/s1. The van der Waals surface area contributed by atoms with E-state index in [0.29, 0.717) is 12.0 Å². The van der Waals surface area contributed by atoms with E-state index in [-0.39, 0.29) is 41.4 Å². The summed E-state index contributed by atoms with van der Waals surface area (Å²) in [5.74, 6) is -4.73. The number of hydrogen-bond donors (Lipinski definition) is 4. The lowest BCUT2D eigenvalue weighted by molar-refractivity contribution is -0.147.